The van der Waals surface area contributed by atoms with Crippen LogP contribution in [0.1, 0.15) is 16.8 Å². The molecule has 0 atom stereocenters. The molecule has 148 valence electrons. The SMILES string of the molecule is O=C1CCSc2ccc(C(=O)N3CCN(c4nc5cccnc5s4)CC3)cc2N1. The van der Waals surface area contributed by atoms with Gasteiger partial charge in [0.15, 0.2) is 5.13 Å². The lowest BCUT2D eigenvalue weighted by Gasteiger charge is -2.34. The second-order valence-corrected chi connectivity index (χ2v) is 9.05. The van der Waals surface area contributed by atoms with E-state index in [9.17, 15) is 9.59 Å². The Balaban J connectivity index is 1.28. The molecule has 0 aliphatic carbocycles. The van der Waals surface area contributed by atoms with Crippen molar-refractivity contribution >= 4 is 56.1 Å². The number of pyridine rings is 1. The molecule has 0 radical (unpaired) electrons. The van der Waals surface area contributed by atoms with E-state index in [1.807, 2.05) is 29.2 Å². The van der Waals surface area contributed by atoms with E-state index < -0.39 is 0 Å². The number of anilines is 2. The summed E-state index contributed by atoms with van der Waals surface area (Å²) in [6.45, 7) is 2.76. The molecular formula is C20H19N5O2S2. The van der Waals surface area contributed by atoms with Crippen molar-refractivity contribution in [2.24, 2.45) is 0 Å². The summed E-state index contributed by atoms with van der Waals surface area (Å²) < 4.78 is 0. The van der Waals surface area contributed by atoms with Crippen LogP contribution in [0.25, 0.3) is 10.3 Å². The van der Waals surface area contributed by atoms with Gasteiger partial charge in [-0.15, -0.1) is 11.8 Å². The van der Waals surface area contributed by atoms with Crippen molar-refractivity contribution in [3.8, 4) is 0 Å². The number of piperazine rings is 1. The number of thiazole rings is 1. The molecule has 5 rings (SSSR count). The van der Waals surface area contributed by atoms with E-state index in [4.69, 9.17) is 0 Å². The molecule has 4 heterocycles. The minimum absolute atomic E-state index is 0.000196. The Bertz CT molecular complexity index is 1060. The standard InChI is InChI=1S/C20H19N5O2S2/c26-17-5-11-28-16-4-3-13(12-15(16)22-17)19(27)24-7-9-25(10-8-24)20-23-14-2-1-6-21-18(14)29-20/h1-4,6,12H,5,7-11H2,(H,22,26). The quantitative estimate of drug-likeness (QED) is 0.680. The summed E-state index contributed by atoms with van der Waals surface area (Å²) in [5.41, 5.74) is 2.27. The van der Waals surface area contributed by atoms with Crippen LogP contribution in [0, 0.1) is 0 Å². The molecule has 2 amide bonds. The molecule has 0 spiro atoms. The smallest absolute Gasteiger partial charge is 0.254 e. The first-order chi connectivity index (χ1) is 14.2. The predicted octanol–water partition coefficient (Wildman–Crippen LogP) is 3.09. The molecule has 1 saturated heterocycles. The normalized spacial score (nSPS) is 17.0. The first kappa shape index (κ1) is 18.4. The number of fused-ring (bicyclic) bond motifs is 2. The second kappa shape index (κ2) is 7.64. The topological polar surface area (TPSA) is 78.4 Å². The van der Waals surface area contributed by atoms with E-state index in [1.54, 1.807) is 35.4 Å². The van der Waals surface area contributed by atoms with Crippen molar-refractivity contribution in [3.05, 3.63) is 42.1 Å². The zero-order valence-electron chi connectivity index (χ0n) is 15.6. The van der Waals surface area contributed by atoms with Gasteiger partial charge in [0.05, 0.1) is 5.69 Å². The molecule has 7 nitrogen and oxygen atoms in total. The van der Waals surface area contributed by atoms with Gasteiger partial charge in [0.2, 0.25) is 5.91 Å². The highest BCUT2D eigenvalue weighted by atomic mass is 32.2. The van der Waals surface area contributed by atoms with Gasteiger partial charge in [-0.25, -0.2) is 9.97 Å². The molecule has 29 heavy (non-hydrogen) atoms. The van der Waals surface area contributed by atoms with E-state index in [2.05, 4.69) is 20.2 Å². The van der Waals surface area contributed by atoms with Gasteiger partial charge in [0.25, 0.3) is 5.91 Å². The predicted molar refractivity (Wildman–Crippen MR) is 116 cm³/mol. The summed E-state index contributed by atoms with van der Waals surface area (Å²) in [6, 6.07) is 9.46. The summed E-state index contributed by atoms with van der Waals surface area (Å²) in [7, 11) is 0. The fourth-order valence-corrected chi connectivity index (χ4v) is 5.43. The van der Waals surface area contributed by atoms with Gasteiger partial charge >= 0.3 is 0 Å². The Labute approximate surface area is 176 Å². The van der Waals surface area contributed by atoms with Gasteiger partial charge in [-0.2, -0.15) is 0 Å². The third-order valence-corrected chi connectivity index (χ3v) is 7.20. The average Bonchev–Trinajstić information content (AvgIpc) is 3.09. The monoisotopic (exact) mass is 425 g/mol. The average molecular weight is 426 g/mol. The number of nitrogens with one attached hydrogen (secondary N) is 1. The summed E-state index contributed by atoms with van der Waals surface area (Å²) >= 11 is 3.23. The molecular weight excluding hydrogens is 406 g/mol. The Kier molecular flexibility index (Phi) is 4.84. The molecule has 2 aliphatic heterocycles. The Hall–Kier alpha value is -2.65. The molecule has 1 aromatic carbocycles. The van der Waals surface area contributed by atoms with Crippen molar-refractivity contribution in [2.45, 2.75) is 11.3 Å². The highest BCUT2D eigenvalue weighted by Crippen LogP contribution is 2.32. The molecule has 2 aliphatic rings. The van der Waals surface area contributed by atoms with E-state index in [-0.39, 0.29) is 11.8 Å². The summed E-state index contributed by atoms with van der Waals surface area (Å²) in [6.07, 6.45) is 2.27. The van der Waals surface area contributed by atoms with Crippen molar-refractivity contribution < 1.29 is 9.59 Å². The Morgan fingerprint density at radius 2 is 2.00 bits per heavy atom. The zero-order valence-corrected chi connectivity index (χ0v) is 17.3. The molecule has 1 N–H and O–H groups in total. The van der Waals surface area contributed by atoms with Crippen molar-refractivity contribution in [2.75, 3.05) is 42.1 Å². The Morgan fingerprint density at radius 1 is 1.14 bits per heavy atom. The number of amides is 2. The van der Waals surface area contributed by atoms with Crippen LogP contribution in [-0.4, -0.2) is 58.6 Å². The largest absolute Gasteiger partial charge is 0.344 e. The number of benzene rings is 1. The molecule has 1 fully saturated rings. The van der Waals surface area contributed by atoms with Crippen LogP contribution < -0.4 is 10.2 Å². The van der Waals surface area contributed by atoms with E-state index in [1.165, 1.54) is 0 Å². The van der Waals surface area contributed by atoms with Crippen LogP contribution in [0.15, 0.2) is 41.4 Å². The third kappa shape index (κ3) is 3.67. The number of thioether (sulfide) groups is 1. The van der Waals surface area contributed by atoms with Gasteiger partial charge in [-0.1, -0.05) is 11.3 Å². The highest BCUT2D eigenvalue weighted by molar-refractivity contribution is 7.99. The summed E-state index contributed by atoms with van der Waals surface area (Å²) in [5.74, 6) is 0.761. The summed E-state index contributed by atoms with van der Waals surface area (Å²) in [4.78, 5) is 39.9. The minimum atomic E-state index is -0.000196. The van der Waals surface area contributed by atoms with Crippen LogP contribution in [-0.2, 0) is 4.79 Å². The highest BCUT2D eigenvalue weighted by Gasteiger charge is 2.25. The number of hydrogen-bond acceptors (Lipinski definition) is 7. The lowest BCUT2D eigenvalue weighted by Crippen LogP contribution is -2.48. The second-order valence-electron chi connectivity index (χ2n) is 6.96. The zero-order chi connectivity index (χ0) is 19.8. The Morgan fingerprint density at radius 3 is 2.83 bits per heavy atom. The fraction of sp³-hybridized carbons (Fsp3) is 0.300. The number of nitrogens with zero attached hydrogens (tertiary/aromatic N) is 4. The van der Waals surface area contributed by atoms with Gasteiger partial charge in [-0.3, -0.25) is 9.59 Å². The number of aromatic nitrogens is 2. The molecule has 0 saturated carbocycles. The maximum absolute atomic E-state index is 13.0. The third-order valence-electron chi connectivity index (χ3n) is 5.08. The van der Waals surface area contributed by atoms with Gasteiger partial charge < -0.3 is 15.1 Å². The maximum atomic E-state index is 13.0. The van der Waals surface area contributed by atoms with Crippen LogP contribution in [0.5, 0.6) is 0 Å². The number of carbonyl (C=O) groups is 2. The van der Waals surface area contributed by atoms with E-state index >= 15 is 0 Å². The van der Waals surface area contributed by atoms with Crippen LogP contribution in [0.2, 0.25) is 0 Å². The van der Waals surface area contributed by atoms with Crippen LogP contribution >= 0.6 is 23.1 Å². The van der Waals surface area contributed by atoms with Crippen molar-refractivity contribution in [1.29, 1.82) is 0 Å². The van der Waals surface area contributed by atoms with E-state index in [0.29, 0.717) is 25.1 Å². The van der Waals surface area contributed by atoms with Gasteiger partial charge in [-0.05, 0) is 30.3 Å². The first-order valence-corrected chi connectivity index (χ1v) is 11.3. The van der Waals surface area contributed by atoms with Crippen LogP contribution in [0.4, 0.5) is 10.8 Å². The van der Waals surface area contributed by atoms with Crippen LogP contribution in [0.3, 0.4) is 0 Å². The van der Waals surface area contributed by atoms with Gasteiger partial charge in [0, 0.05) is 55.0 Å². The molecule has 0 unspecified atom stereocenters. The molecule has 9 heteroatoms. The fourth-order valence-electron chi connectivity index (χ4n) is 3.53. The number of carbonyl (C=O) groups excluding carboxylic acids is 2. The summed E-state index contributed by atoms with van der Waals surface area (Å²) in [5, 5.41) is 3.86. The van der Waals surface area contributed by atoms with Crippen molar-refractivity contribution in [1.82, 2.24) is 14.9 Å². The van der Waals surface area contributed by atoms with Gasteiger partial charge in [0.1, 0.15) is 10.3 Å². The minimum Gasteiger partial charge on any atom is -0.344 e. The maximum Gasteiger partial charge on any atom is 0.254 e. The lowest BCUT2D eigenvalue weighted by molar-refractivity contribution is -0.115. The van der Waals surface area contributed by atoms with Crippen molar-refractivity contribution in [3.63, 3.8) is 0 Å². The molecule has 0 bridgehead atoms. The first-order valence-electron chi connectivity index (χ1n) is 9.50. The number of hydrogen-bond donors (Lipinski definition) is 1. The molecule has 2 aromatic heterocycles. The van der Waals surface area contributed by atoms with E-state index in [0.717, 1.165) is 44.9 Å². The molecule has 3 aromatic rings. The number of rotatable bonds is 2. The lowest BCUT2D eigenvalue weighted by atomic mass is 10.1.